The molecule has 0 spiro atoms. The molecule has 1 heterocycles. The summed E-state index contributed by atoms with van der Waals surface area (Å²) in [5.41, 5.74) is 1.61. The van der Waals surface area contributed by atoms with Gasteiger partial charge in [-0.1, -0.05) is 56.8 Å². The lowest BCUT2D eigenvalue weighted by Gasteiger charge is -2.22. The molecule has 1 atom stereocenters. The fourth-order valence-electron chi connectivity index (χ4n) is 3.35. The summed E-state index contributed by atoms with van der Waals surface area (Å²) in [6, 6.07) is 10.7. The second-order valence-electron chi connectivity index (χ2n) is 8.80. The Hall–Kier alpha value is -2.33. The molecule has 1 saturated carbocycles. The molecule has 1 aromatic heterocycles. The Labute approximate surface area is 177 Å². The predicted octanol–water partition coefficient (Wildman–Crippen LogP) is 4.16. The second-order valence-corrected chi connectivity index (χ2v) is 9.75. The molecule has 1 fully saturated rings. The van der Waals surface area contributed by atoms with E-state index in [1.807, 2.05) is 11.5 Å². The van der Waals surface area contributed by atoms with Gasteiger partial charge in [0.05, 0.1) is 11.8 Å². The monoisotopic (exact) mass is 411 g/mol. The van der Waals surface area contributed by atoms with Gasteiger partial charge in [-0.25, -0.2) is 0 Å². The zero-order chi connectivity index (χ0) is 21.2. The van der Waals surface area contributed by atoms with Crippen LogP contribution in [-0.2, 0) is 16.8 Å². The largest absolute Gasteiger partial charge is 0.337 e. The summed E-state index contributed by atoms with van der Waals surface area (Å²) in [6.07, 6.45) is 2.00. The van der Waals surface area contributed by atoms with Crippen LogP contribution in [0.15, 0.2) is 29.4 Å². The van der Waals surface area contributed by atoms with Gasteiger partial charge in [0.2, 0.25) is 5.91 Å². The summed E-state index contributed by atoms with van der Waals surface area (Å²) in [5.74, 6) is 1.14. The maximum absolute atomic E-state index is 12.4. The number of nitrogens with zero attached hydrogens (tertiary/aromatic N) is 4. The number of nitrogens with one attached hydrogen (secondary N) is 1. The van der Waals surface area contributed by atoms with E-state index < -0.39 is 5.54 Å². The van der Waals surface area contributed by atoms with Crippen molar-refractivity contribution in [1.82, 2.24) is 20.1 Å². The number of carbonyl (C=O) groups excluding carboxylic acids is 1. The molecule has 6 nitrogen and oxygen atoms in total. The molecule has 0 radical (unpaired) electrons. The van der Waals surface area contributed by atoms with Crippen LogP contribution in [0.25, 0.3) is 11.4 Å². The highest BCUT2D eigenvalue weighted by Crippen LogP contribution is 2.39. The van der Waals surface area contributed by atoms with E-state index in [9.17, 15) is 10.1 Å². The molecule has 29 heavy (non-hydrogen) atoms. The highest BCUT2D eigenvalue weighted by molar-refractivity contribution is 7.99. The summed E-state index contributed by atoms with van der Waals surface area (Å²) in [7, 11) is 0. The van der Waals surface area contributed by atoms with Crippen LogP contribution in [0.3, 0.4) is 0 Å². The Morgan fingerprint density at radius 1 is 1.24 bits per heavy atom. The number of hydrogen-bond donors (Lipinski definition) is 1. The Morgan fingerprint density at radius 3 is 2.41 bits per heavy atom. The number of rotatable bonds is 7. The Morgan fingerprint density at radius 2 is 1.90 bits per heavy atom. The number of hydrogen-bond acceptors (Lipinski definition) is 5. The summed E-state index contributed by atoms with van der Waals surface area (Å²) in [6.45, 7) is 11.1. The van der Waals surface area contributed by atoms with Crippen molar-refractivity contribution >= 4 is 17.7 Å². The topological polar surface area (TPSA) is 83.6 Å². The molecule has 0 aliphatic heterocycles. The molecule has 0 bridgehead atoms. The maximum Gasteiger partial charge on any atom is 0.231 e. The van der Waals surface area contributed by atoms with Gasteiger partial charge in [0.15, 0.2) is 11.0 Å². The molecule has 3 rings (SSSR count). The molecule has 1 aliphatic carbocycles. The van der Waals surface area contributed by atoms with Gasteiger partial charge in [-0.05, 0) is 43.6 Å². The number of carbonyl (C=O) groups is 1. The Bertz CT molecular complexity index is 918. The van der Waals surface area contributed by atoms with Gasteiger partial charge in [-0.2, -0.15) is 5.26 Å². The summed E-state index contributed by atoms with van der Waals surface area (Å²) in [5, 5.41) is 21.7. The van der Waals surface area contributed by atoms with Crippen molar-refractivity contribution in [3.8, 4) is 17.5 Å². The first-order valence-electron chi connectivity index (χ1n) is 10.1. The van der Waals surface area contributed by atoms with Crippen molar-refractivity contribution in [1.29, 1.82) is 5.26 Å². The normalized spacial score (nSPS) is 16.1. The van der Waals surface area contributed by atoms with E-state index in [1.165, 1.54) is 17.3 Å². The fraction of sp³-hybridized carbons (Fsp3) is 0.545. The van der Waals surface area contributed by atoms with Crippen molar-refractivity contribution < 1.29 is 4.79 Å². The second kappa shape index (κ2) is 8.19. The highest BCUT2D eigenvalue weighted by atomic mass is 32.2. The minimum atomic E-state index is -0.768. The number of amides is 1. The SMILES string of the molecule is CCn1c(SCC(=O)NC(C)(C#N)C2CC2)nnc1-c1ccc(C(C)(C)C)cc1. The van der Waals surface area contributed by atoms with Gasteiger partial charge in [0.1, 0.15) is 5.54 Å². The number of aromatic nitrogens is 3. The van der Waals surface area contributed by atoms with Crippen LogP contribution in [0, 0.1) is 17.2 Å². The first kappa shape index (κ1) is 21.4. The van der Waals surface area contributed by atoms with Crippen molar-refractivity contribution in [2.75, 3.05) is 5.75 Å². The number of thioether (sulfide) groups is 1. The van der Waals surface area contributed by atoms with Crippen molar-refractivity contribution in [2.24, 2.45) is 5.92 Å². The lowest BCUT2D eigenvalue weighted by atomic mass is 9.87. The minimum Gasteiger partial charge on any atom is -0.337 e. The van der Waals surface area contributed by atoms with E-state index in [2.05, 4.69) is 66.6 Å². The maximum atomic E-state index is 12.4. The van der Waals surface area contributed by atoms with Crippen LogP contribution in [0.4, 0.5) is 0 Å². The zero-order valence-corrected chi connectivity index (χ0v) is 18.6. The lowest BCUT2D eigenvalue weighted by molar-refractivity contribution is -0.119. The van der Waals surface area contributed by atoms with Gasteiger partial charge in [-0.15, -0.1) is 10.2 Å². The van der Waals surface area contributed by atoms with Crippen LogP contribution >= 0.6 is 11.8 Å². The first-order valence-corrected chi connectivity index (χ1v) is 11.1. The molecule has 1 aromatic carbocycles. The van der Waals surface area contributed by atoms with Crippen molar-refractivity contribution in [3.05, 3.63) is 29.8 Å². The van der Waals surface area contributed by atoms with E-state index in [0.29, 0.717) is 11.7 Å². The standard InChI is InChI=1S/C22H29N5OS/c1-6-27-19(15-7-9-16(10-8-15)21(2,3)4)25-26-20(27)29-13-18(28)24-22(5,14-23)17-11-12-17/h7-10,17H,6,11-13H2,1-5H3,(H,24,28). The molecule has 7 heteroatoms. The van der Waals surface area contributed by atoms with Gasteiger partial charge in [-0.3, -0.25) is 4.79 Å². The van der Waals surface area contributed by atoms with Crippen LogP contribution in [0.1, 0.15) is 53.0 Å². The Balaban J connectivity index is 1.70. The van der Waals surface area contributed by atoms with Crippen LogP contribution in [-0.4, -0.2) is 32.0 Å². The third-order valence-electron chi connectivity index (χ3n) is 5.40. The molecule has 1 aliphatic rings. The van der Waals surface area contributed by atoms with E-state index >= 15 is 0 Å². The third kappa shape index (κ3) is 4.81. The fourth-order valence-corrected chi connectivity index (χ4v) is 4.15. The van der Waals surface area contributed by atoms with E-state index in [4.69, 9.17) is 0 Å². The number of nitriles is 1. The molecule has 154 valence electrons. The smallest absolute Gasteiger partial charge is 0.231 e. The molecule has 0 saturated heterocycles. The van der Waals surface area contributed by atoms with Crippen LogP contribution in [0.5, 0.6) is 0 Å². The summed E-state index contributed by atoms with van der Waals surface area (Å²) in [4.78, 5) is 12.4. The van der Waals surface area contributed by atoms with E-state index in [-0.39, 0.29) is 23.0 Å². The summed E-state index contributed by atoms with van der Waals surface area (Å²) < 4.78 is 2.02. The Kier molecular flexibility index (Phi) is 6.04. The van der Waals surface area contributed by atoms with Gasteiger partial charge in [0.25, 0.3) is 0 Å². The first-order chi connectivity index (χ1) is 13.7. The van der Waals surface area contributed by atoms with Crippen LogP contribution in [0.2, 0.25) is 0 Å². The van der Waals surface area contributed by atoms with Gasteiger partial charge in [0, 0.05) is 12.1 Å². The number of benzene rings is 1. The third-order valence-corrected chi connectivity index (χ3v) is 6.37. The van der Waals surface area contributed by atoms with Crippen LogP contribution < -0.4 is 5.32 Å². The lowest BCUT2D eigenvalue weighted by Crippen LogP contribution is -2.47. The molecule has 1 amide bonds. The average Bonchev–Trinajstić information content (AvgIpc) is 3.46. The van der Waals surface area contributed by atoms with Crippen molar-refractivity contribution in [2.45, 2.75) is 70.1 Å². The van der Waals surface area contributed by atoms with E-state index in [0.717, 1.165) is 24.2 Å². The molecule has 1 N–H and O–H groups in total. The van der Waals surface area contributed by atoms with E-state index in [1.54, 1.807) is 6.92 Å². The molecule has 1 unspecified atom stereocenters. The van der Waals surface area contributed by atoms with Gasteiger partial charge >= 0.3 is 0 Å². The minimum absolute atomic E-state index is 0.101. The zero-order valence-electron chi connectivity index (χ0n) is 17.8. The summed E-state index contributed by atoms with van der Waals surface area (Å²) >= 11 is 1.35. The molecular formula is C22H29N5OS. The molecule has 2 aromatic rings. The predicted molar refractivity (Wildman–Crippen MR) is 115 cm³/mol. The molecular weight excluding hydrogens is 382 g/mol. The van der Waals surface area contributed by atoms with Gasteiger partial charge < -0.3 is 9.88 Å². The highest BCUT2D eigenvalue weighted by Gasteiger charge is 2.43. The average molecular weight is 412 g/mol. The van der Waals surface area contributed by atoms with Crippen molar-refractivity contribution in [3.63, 3.8) is 0 Å². The quantitative estimate of drug-likeness (QED) is 0.692.